The SMILES string of the molecule is O=C1c2ccc(I)cc2C(=O)N1CC1CCOCC1. The highest BCUT2D eigenvalue weighted by Crippen LogP contribution is 2.27. The van der Waals surface area contributed by atoms with E-state index in [9.17, 15) is 9.59 Å². The number of hydrogen-bond acceptors (Lipinski definition) is 3. The van der Waals surface area contributed by atoms with Crippen LogP contribution in [-0.4, -0.2) is 36.5 Å². The zero-order chi connectivity index (χ0) is 13.4. The molecule has 5 heteroatoms. The predicted octanol–water partition coefficient (Wildman–Crippen LogP) is 2.31. The van der Waals surface area contributed by atoms with Crippen LogP contribution in [0.3, 0.4) is 0 Å². The van der Waals surface area contributed by atoms with Crippen LogP contribution < -0.4 is 0 Å². The normalized spacial score (nSPS) is 19.9. The van der Waals surface area contributed by atoms with E-state index in [1.165, 1.54) is 4.90 Å². The standard InChI is InChI=1S/C14H14INO3/c15-10-1-2-11-12(7-10)14(18)16(13(11)17)8-9-3-5-19-6-4-9/h1-2,7,9H,3-6,8H2. The number of fused-ring (bicyclic) bond motifs is 1. The number of halogens is 1. The molecule has 3 rings (SSSR count). The summed E-state index contributed by atoms with van der Waals surface area (Å²) >= 11 is 2.15. The molecule has 0 unspecified atom stereocenters. The molecule has 1 saturated heterocycles. The van der Waals surface area contributed by atoms with E-state index in [2.05, 4.69) is 22.6 Å². The molecular weight excluding hydrogens is 357 g/mol. The van der Waals surface area contributed by atoms with E-state index in [-0.39, 0.29) is 11.8 Å². The van der Waals surface area contributed by atoms with Gasteiger partial charge in [0.2, 0.25) is 0 Å². The van der Waals surface area contributed by atoms with E-state index in [1.807, 2.05) is 6.07 Å². The molecule has 2 aliphatic rings. The minimum atomic E-state index is -0.150. The van der Waals surface area contributed by atoms with Crippen LogP contribution in [0.5, 0.6) is 0 Å². The highest BCUT2D eigenvalue weighted by atomic mass is 127. The first-order chi connectivity index (χ1) is 9.16. The molecule has 0 radical (unpaired) electrons. The average molecular weight is 371 g/mol. The summed E-state index contributed by atoms with van der Waals surface area (Å²) in [6, 6.07) is 5.41. The van der Waals surface area contributed by atoms with Crippen LogP contribution in [0.4, 0.5) is 0 Å². The second kappa shape index (κ2) is 5.20. The van der Waals surface area contributed by atoms with Crippen LogP contribution in [0.15, 0.2) is 18.2 Å². The monoisotopic (exact) mass is 371 g/mol. The van der Waals surface area contributed by atoms with Crippen molar-refractivity contribution in [2.45, 2.75) is 12.8 Å². The number of carbonyl (C=O) groups is 2. The van der Waals surface area contributed by atoms with Gasteiger partial charge in [-0.05, 0) is 59.5 Å². The van der Waals surface area contributed by atoms with E-state index in [1.54, 1.807) is 12.1 Å². The Morgan fingerprint density at radius 2 is 1.84 bits per heavy atom. The second-order valence-electron chi connectivity index (χ2n) is 4.97. The number of ether oxygens (including phenoxy) is 1. The molecule has 0 bridgehead atoms. The molecule has 4 nitrogen and oxygen atoms in total. The van der Waals surface area contributed by atoms with E-state index in [4.69, 9.17) is 4.74 Å². The first-order valence-corrected chi connectivity index (χ1v) is 7.48. The van der Waals surface area contributed by atoms with Crippen molar-refractivity contribution < 1.29 is 14.3 Å². The Balaban J connectivity index is 1.81. The zero-order valence-corrected chi connectivity index (χ0v) is 12.6. The lowest BCUT2D eigenvalue weighted by molar-refractivity contribution is 0.0433. The Kier molecular flexibility index (Phi) is 3.58. The van der Waals surface area contributed by atoms with E-state index < -0.39 is 0 Å². The van der Waals surface area contributed by atoms with Crippen LogP contribution >= 0.6 is 22.6 Å². The van der Waals surface area contributed by atoms with Crippen molar-refractivity contribution in [2.24, 2.45) is 5.92 Å². The van der Waals surface area contributed by atoms with Gasteiger partial charge in [-0.25, -0.2) is 0 Å². The molecule has 1 aromatic rings. The summed E-state index contributed by atoms with van der Waals surface area (Å²) in [6.07, 6.45) is 1.84. The third kappa shape index (κ3) is 2.41. The maximum Gasteiger partial charge on any atom is 0.261 e. The number of rotatable bonds is 2. The summed E-state index contributed by atoms with van der Waals surface area (Å²) in [5.74, 6) is 0.0722. The molecule has 0 aliphatic carbocycles. The van der Waals surface area contributed by atoms with Gasteiger partial charge in [-0.3, -0.25) is 14.5 Å². The van der Waals surface area contributed by atoms with Gasteiger partial charge in [-0.2, -0.15) is 0 Å². The summed E-state index contributed by atoms with van der Waals surface area (Å²) in [7, 11) is 0. The molecule has 0 aromatic heterocycles. The van der Waals surface area contributed by atoms with Gasteiger partial charge in [-0.15, -0.1) is 0 Å². The molecule has 0 spiro atoms. The Bertz CT molecular complexity index is 537. The van der Waals surface area contributed by atoms with Crippen molar-refractivity contribution >= 4 is 34.4 Å². The average Bonchev–Trinajstić information content (AvgIpc) is 2.65. The Morgan fingerprint density at radius 3 is 2.58 bits per heavy atom. The summed E-state index contributed by atoms with van der Waals surface area (Å²) in [5.41, 5.74) is 1.08. The molecule has 2 heterocycles. The van der Waals surface area contributed by atoms with E-state index in [0.29, 0.717) is 23.6 Å². The lowest BCUT2D eigenvalue weighted by Gasteiger charge is -2.25. The minimum Gasteiger partial charge on any atom is -0.381 e. The van der Waals surface area contributed by atoms with Gasteiger partial charge >= 0.3 is 0 Å². The van der Waals surface area contributed by atoms with Gasteiger partial charge in [-0.1, -0.05) is 0 Å². The van der Waals surface area contributed by atoms with Crippen molar-refractivity contribution in [3.63, 3.8) is 0 Å². The van der Waals surface area contributed by atoms with Crippen LogP contribution in [0.2, 0.25) is 0 Å². The summed E-state index contributed by atoms with van der Waals surface area (Å²) in [4.78, 5) is 26.0. The largest absolute Gasteiger partial charge is 0.381 e. The third-order valence-corrected chi connectivity index (χ3v) is 4.39. The van der Waals surface area contributed by atoms with Gasteiger partial charge in [0.05, 0.1) is 11.1 Å². The van der Waals surface area contributed by atoms with Gasteiger partial charge < -0.3 is 4.74 Å². The van der Waals surface area contributed by atoms with Crippen molar-refractivity contribution in [1.82, 2.24) is 4.90 Å². The van der Waals surface area contributed by atoms with Crippen molar-refractivity contribution in [3.8, 4) is 0 Å². The summed E-state index contributed by atoms with van der Waals surface area (Å²) in [5, 5.41) is 0. The van der Waals surface area contributed by atoms with Gasteiger partial charge in [0.1, 0.15) is 0 Å². The number of nitrogens with zero attached hydrogens (tertiary/aromatic N) is 1. The Labute approximate surface area is 125 Å². The number of hydrogen-bond donors (Lipinski definition) is 0. The summed E-state index contributed by atoms with van der Waals surface area (Å²) < 4.78 is 6.28. The lowest BCUT2D eigenvalue weighted by Crippen LogP contribution is -2.36. The van der Waals surface area contributed by atoms with Gasteiger partial charge in [0, 0.05) is 23.3 Å². The molecule has 1 fully saturated rings. The third-order valence-electron chi connectivity index (χ3n) is 3.71. The molecular formula is C14H14INO3. The Hall–Kier alpha value is -0.950. The molecule has 0 N–H and O–H groups in total. The highest BCUT2D eigenvalue weighted by molar-refractivity contribution is 14.1. The zero-order valence-electron chi connectivity index (χ0n) is 10.4. The minimum absolute atomic E-state index is 0.148. The molecule has 2 aliphatic heterocycles. The Morgan fingerprint density at radius 1 is 1.16 bits per heavy atom. The fourth-order valence-electron chi connectivity index (χ4n) is 2.62. The van der Waals surface area contributed by atoms with Crippen LogP contribution in [-0.2, 0) is 4.74 Å². The second-order valence-corrected chi connectivity index (χ2v) is 6.21. The van der Waals surface area contributed by atoms with Crippen LogP contribution in [0.1, 0.15) is 33.6 Å². The number of carbonyl (C=O) groups excluding carboxylic acids is 2. The van der Waals surface area contributed by atoms with Gasteiger partial charge in [0.15, 0.2) is 0 Å². The number of imide groups is 1. The molecule has 19 heavy (non-hydrogen) atoms. The summed E-state index contributed by atoms with van der Waals surface area (Å²) in [6.45, 7) is 1.98. The fourth-order valence-corrected chi connectivity index (χ4v) is 3.11. The van der Waals surface area contributed by atoms with Crippen LogP contribution in [0, 0.1) is 9.49 Å². The van der Waals surface area contributed by atoms with Gasteiger partial charge in [0.25, 0.3) is 11.8 Å². The topological polar surface area (TPSA) is 46.6 Å². The number of amides is 2. The maximum atomic E-state index is 12.3. The first kappa shape index (κ1) is 13.1. The smallest absolute Gasteiger partial charge is 0.261 e. The van der Waals surface area contributed by atoms with Crippen molar-refractivity contribution in [1.29, 1.82) is 0 Å². The molecule has 1 aromatic carbocycles. The van der Waals surface area contributed by atoms with Crippen molar-refractivity contribution in [3.05, 3.63) is 32.9 Å². The lowest BCUT2D eigenvalue weighted by atomic mass is 10.00. The molecule has 0 saturated carbocycles. The van der Waals surface area contributed by atoms with Crippen LogP contribution in [0.25, 0.3) is 0 Å². The van der Waals surface area contributed by atoms with E-state index in [0.717, 1.165) is 29.6 Å². The fraction of sp³-hybridized carbons (Fsp3) is 0.429. The van der Waals surface area contributed by atoms with E-state index >= 15 is 0 Å². The molecule has 100 valence electrons. The van der Waals surface area contributed by atoms with Crippen molar-refractivity contribution in [2.75, 3.05) is 19.8 Å². The first-order valence-electron chi connectivity index (χ1n) is 6.40. The quantitative estimate of drug-likeness (QED) is 0.592. The highest BCUT2D eigenvalue weighted by Gasteiger charge is 2.36. The number of benzene rings is 1. The predicted molar refractivity (Wildman–Crippen MR) is 78.1 cm³/mol. The molecule has 2 amide bonds. The maximum absolute atomic E-state index is 12.3. The molecule has 0 atom stereocenters.